The molecule has 1 amide bonds. The van der Waals surface area contributed by atoms with Crippen molar-refractivity contribution in [1.82, 2.24) is 14.5 Å². The lowest BCUT2D eigenvalue weighted by Gasteiger charge is -2.37. The van der Waals surface area contributed by atoms with Crippen molar-refractivity contribution in [2.75, 3.05) is 0 Å². The number of carbonyl (C=O) groups is 1. The van der Waals surface area contributed by atoms with Gasteiger partial charge in [-0.2, -0.15) is 0 Å². The number of imidazole rings is 1. The predicted octanol–water partition coefficient (Wildman–Crippen LogP) is 3.92. The van der Waals surface area contributed by atoms with Crippen molar-refractivity contribution in [3.8, 4) is 0 Å². The third kappa shape index (κ3) is 3.09. The fraction of sp³-hybridized carbons (Fsp3) is 0.158. The van der Waals surface area contributed by atoms with Gasteiger partial charge in [-0.25, -0.2) is 9.37 Å². The van der Waals surface area contributed by atoms with Gasteiger partial charge in [0.2, 0.25) is 5.91 Å². The fourth-order valence-corrected chi connectivity index (χ4v) is 3.64. The smallest absolute Gasteiger partial charge is 0.243 e. The van der Waals surface area contributed by atoms with Crippen molar-refractivity contribution in [2.24, 2.45) is 0 Å². The lowest BCUT2D eigenvalue weighted by Crippen LogP contribution is -2.42. The quantitative estimate of drug-likeness (QED) is 0.669. The number of hydrogen-bond donors (Lipinski definition) is 0. The molecule has 3 aromatic rings. The molecule has 1 atom stereocenters. The van der Waals surface area contributed by atoms with Crippen molar-refractivity contribution in [2.45, 2.75) is 19.1 Å². The molecule has 6 heteroatoms. The van der Waals surface area contributed by atoms with Gasteiger partial charge in [0.25, 0.3) is 0 Å². The standard InChI is InChI=1S/C19H15BrFN3O/c20-15-3-1-2-14(8-15)19-17-9-22-12-23(17)11-18(25)24(19)10-13-4-6-16(21)7-5-13/h1-9,12,19H,10-11H2. The molecule has 2 heterocycles. The van der Waals surface area contributed by atoms with Crippen LogP contribution in [-0.2, 0) is 17.9 Å². The highest BCUT2D eigenvalue weighted by atomic mass is 79.9. The Morgan fingerprint density at radius 1 is 1.20 bits per heavy atom. The van der Waals surface area contributed by atoms with Gasteiger partial charge in [0.15, 0.2) is 0 Å². The van der Waals surface area contributed by atoms with Crippen LogP contribution in [0.5, 0.6) is 0 Å². The van der Waals surface area contributed by atoms with E-state index in [0.29, 0.717) is 6.54 Å². The molecule has 2 aromatic carbocycles. The molecule has 0 bridgehead atoms. The molecule has 1 aromatic heterocycles. The Labute approximate surface area is 153 Å². The van der Waals surface area contributed by atoms with Crippen LogP contribution in [-0.4, -0.2) is 20.4 Å². The summed E-state index contributed by atoms with van der Waals surface area (Å²) >= 11 is 3.50. The van der Waals surface area contributed by atoms with Gasteiger partial charge in [0, 0.05) is 11.0 Å². The summed E-state index contributed by atoms with van der Waals surface area (Å²) in [5.74, 6) is -0.268. The summed E-state index contributed by atoms with van der Waals surface area (Å²) in [6, 6.07) is 14.0. The summed E-state index contributed by atoms with van der Waals surface area (Å²) in [5, 5.41) is 0. The maximum atomic E-state index is 13.2. The van der Waals surface area contributed by atoms with E-state index in [0.717, 1.165) is 21.3 Å². The maximum absolute atomic E-state index is 13.2. The van der Waals surface area contributed by atoms with E-state index >= 15 is 0 Å². The molecule has 0 radical (unpaired) electrons. The summed E-state index contributed by atoms with van der Waals surface area (Å²) in [6.07, 6.45) is 3.49. The first-order valence-corrected chi connectivity index (χ1v) is 8.70. The molecule has 0 aliphatic carbocycles. The van der Waals surface area contributed by atoms with Gasteiger partial charge in [-0.3, -0.25) is 4.79 Å². The monoisotopic (exact) mass is 399 g/mol. The van der Waals surface area contributed by atoms with E-state index in [9.17, 15) is 9.18 Å². The molecular weight excluding hydrogens is 385 g/mol. The van der Waals surface area contributed by atoms with E-state index in [2.05, 4.69) is 20.9 Å². The summed E-state index contributed by atoms with van der Waals surface area (Å²) < 4.78 is 16.0. The Bertz CT molecular complexity index is 922. The van der Waals surface area contributed by atoms with E-state index in [1.54, 1.807) is 24.7 Å². The molecule has 0 fully saturated rings. The number of halogens is 2. The molecular formula is C19H15BrFN3O. The van der Waals surface area contributed by atoms with Crippen LogP contribution in [0.2, 0.25) is 0 Å². The van der Waals surface area contributed by atoms with Crippen LogP contribution in [0, 0.1) is 5.82 Å². The molecule has 0 N–H and O–H groups in total. The van der Waals surface area contributed by atoms with Gasteiger partial charge < -0.3 is 9.47 Å². The van der Waals surface area contributed by atoms with Crippen LogP contribution in [0.15, 0.2) is 65.5 Å². The van der Waals surface area contributed by atoms with Gasteiger partial charge in [-0.1, -0.05) is 40.2 Å². The molecule has 0 saturated heterocycles. The average Bonchev–Trinajstić information content (AvgIpc) is 3.05. The van der Waals surface area contributed by atoms with E-state index in [-0.39, 0.29) is 24.3 Å². The SMILES string of the molecule is O=C1Cn2cncc2C(c2cccc(Br)c2)N1Cc1ccc(F)cc1. The first-order valence-electron chi connectivity index (χ1n) is 7.91. The Kier molecular flexibility index (Phi) is 4.13. The Hall–Kier alpha value is -2.47. The van der Waals surface area contributed by atoms with Gasteiger partial charge in [0.1, 0.15) is 12.4 Å². The minimum atomic E-state index is -0.282. The Morgan fingerprint density at radius 2 is 2.00 bits per heavy atom. The number of amides is 1. The third-order valence-electron chi connectivity index (χ3n) is 4.39. The summed E-state index contributed by atoms with van der Waals surface area (Å²) in [4.78, 5) is 18.8. The van der Waals surface area contributed by atoms with Crippen molar-refractivity contribution in [1.29, 1.82) is 0 Å². The van der Waals surface area contributed by atoms with Crippen molar-refractivity contribution >= 4 is 21.8 Å². The number of fused-ring (bicyclic) bond motifs is 1. The molecule has 25 heavy (non-hydrogen) atoms. The van der Waals surface area contributed by atoms with Crippen LogP contribution in [0.25, 0.3) is 0 Å². The topological polar surface area (TPSA) is 38.1 Å². The van der Waals surface area contributed by atoms with Crippen molar-refractivity contribution in [3.05, 3.63) is 88.2 Å². The highest BCUT2D eigenvalue weighted by Gasteiger charge is 2.34. The van der Waals surface area contributed by atoms with Gasteiger partial charge in [-0.05, 0) is 35.4 Å². The zero-order valence-electron chi connectivity index (χ0n) is 13.3. The lowest BCUT2D eigenvalue weighted by molar-refractivity contribution is -0.136. The Morgan fingerprint density at radius 3 is 2.76 bits per heavy atom. The van der Waals surface area contributed by atoms with Crippen LogP contribution in [0.1, 0.15) is 22.9 Å². The summed E-state index contributed by atoms with van der Waals surface area (Å²) in [5.41, 5.74) is 2.87. The predicted molar refractivity (Wildman–Crippen MR) is 95.2 cm³/mol. The second kappa shape index (κ2) is 6.44. The zero-order chi connectivity index (χ0) is 17.4. The normalized spacial score (nSPS) is 16.8. The number of carbonyl (C=O) groups excluding carboxylic acids is 1. The van der Waals surface area contributed by atoms with Crippen LogP contribution in [0.4, 0.5) is 4.39 Å². The number of aromatic nitrogens is 2. The summed E-state index contributed by atoms with van der Waals surface area (Å²) in [6.45, 7) is 0.683. The second-order valence-corrected chi connectivity index (χ2v) is 6.97. The fourth-order valence-electron chi connectivity index (χ4n) is 3.22. The Balaban J connectivity index is 1.77. The molecule has 0 spiro atoms. The van der Waals surface area contributed by atoms with Gasteiger partial charge in [-0.15, -0.1) is 0 Å². The highest BCUT2D eigenvalue weighted by Crippen LogP contribution is 2.34. The molecule has 1 unspecified atom stereocenters. The molecule has 4 nitrogen and oxygen atoms in total. The zero-order valence-corrected chi connectivity index (χ0v) is 14.9. The number of nitrogens with zero attached hydrogens (tertiary/aromatic N) is 3. The van der Waals surface area contributed by atoms with E-state index in [1.807, 2.05) is 33.7 Å². The van der Waals surface area contributed by atoms with Gasteiger partial charge in [0.05, 0.1) is 24.3 Å². The molecule has 4 rings (SSSR count). The second-order valence-electron chi connectivity index (χ2n) is 6.05. The molecule has 126 valence electrons. The minimum absolute atomic E-state index is 0.0137. The van der Waals surface area contributed by atoms with Crippen molar-refractivity contribution in [3.63, 3.8) is 0 Å². The van der Waals surface area contributed by atoms with Gasteiger partial charge >= 0.3 is 0 Å². The van der Waals surface area contributed by atoms with Crippen molar-refractivity contribution < 1.29 is 9.18 Å². The molecule has 1 aliphatic rings. The largest absolute Gasteiger partial charge is 0.324 e. The summed E-state index contributed by atoms with van der Waals surface area (Å²) in [7, 11) is 0. The van der Waals surface area contributed by atoms with E-state index in [1.165, 1.54) is 12.1 Å². The first-order chi connectivity index (χ1) is 12.1. The average molecular weight is 400 g/mol. The van der Waals surface area contributed by atoms with Crippen LogP contribution in [0.3, 0.4) is 0 Å². The molecule has 0 saturated carbocycles. The third-order valence-corrected chi connectivity index (χ3v) is 4.89. The minimum Gasteiger partial charge on any atom is -0.324 e. The van der Waals surface area contributed by atoms with Crippen LogP contribution >= 0.6 is 15.9 Å². The lowest BCUT2D eigenvalue weighted by atomic mass is 9.99. The highest BCUT2D eigenvalue weighted by molar-refractivity contribution is 9.10. The number of rotatable bonds is 3. The van der Waals surface area contributed by atoms with E-state index < -0.39 is 0 Å². The first kappa shape index (κ1) is 16.0. The van der Waals surface area contributed by atoms with E-state index in [4.69, 9.17) is 0 Å². The molecule has 1 aliphatic heterocycles. The number of hydrogen-bond acceptors (Lipinski definition) is 2. The number of benzene rings is 2. The van der Waals surface area contributed by atoms with Crippen LogP contribution < -0.4 is 0 Å². The maximum Gasteiger partial charge on any atom is 0.243 e.